The van der Waals surface area contributed by atoms with Crippen LogP contribution in [0.4, 0.5) is 0 Å². The zero-order valence-electron chi connectivity index (χ0n) is 7.87. The Labute approximate surface area is 77.4 Å². The molecule has 0 aliphatic rings. The first-order chi connectivity index (χ1) is 6.24. The van der Waals surface area contributed by atoms with Crippen LogP contribution >= 0.6 is 0 Å². The van der Waals surface area contributed by atoms with E-state index < -0.39 is 0 Å². The SMILES string of the molecule is COc1c(C)ncc(CN)c1CO. The van der Waals surface area contributed by atoms with E-state index in [0.29, 0.717) is 12.3 Å². The molecular formula is C9H14N2O2. The van der Waals surface area contributed by atoms with Crippen molar-refractivity contribution in [1.82, 2.24) is 4.98 Å². The fourth-order valence-corrected chi connectivity index (χ4v) is 1.30. The van der Waals surface area contributed by atoms with Crippen molar-refractivity contribution in [2.45, 2.75) is 20.1 Å². The molecule has 1 rings (SSSR count). The van der Waals surface area contributed by atoms with Gasteiger partial charge < -0.3 is 15.6 Å². The third-order valence-electron chi connectivity index (χ3n) is 1.99. The van der Waals surface area contributed by atoms with E-state index >= 15 is 0 Å². The molecule has 0 saturated carbocycles. The smallest absolute Gasteiger partial charge is 0.145 e. The number of methoxy groups -OCH3 is 1. The first-order valence-corrected chi connectivity index (χ1v) is 4.06. The number of nitrogens with zero attached hydrogens (tertiary/aromatic N) is 1. The van der Waals surface area contributed by atoms with E-state index in [2.05, 4.69) is 4.98 Å². The third-order valence-corrected chi connectivity index (χ3v) is 1.99. The highest BCUT2D eigenvalue weighted by molar-refractivity contribution is 5.41. The summed E-state index contributed by atoms with van der Waals surface area (Å²) >= 11 is 0. The molecule has 0 fully saturated rings. The topological polar surface area (TPSA) is 68.4 Å². The van der Waals surface area contributed by atoms with Crippen LogP contribution in [-0.2, 0) is 13.2 Å². The lowest BCUT2D eigenvalue weighted by Gasteiger charge is -2.12. The van der Waals surface area contributed by atoms with Gasteiger partial charge in [-0.05, 0) is 12.5 Å². The Morgan fingerprint density at radius 2 is 2.31 bits per heavy atom. The predicted molar refractivity (Wildman–Crippen MR) is 49.3 cm³/mol. The lowest BCUT2D eigenvalue weighted by Crippen LogP contribution is -2.06. The summed E-state index contributed by atoms with van der Waals surface area (Å²) in [4.78, 5) is 4.11. The fourth-order valence-electron chi connectivity index (χ4n) is 1.30. The standard InChI is InChI=1S/C9H14N2O2/c1-6-9(13-2)8(5-12)7(3-10)4-11-6/h4,12H,3,5,10H2,1-2H3. The summed E-state index contributed by atoms with van der Waals surface area (Å²) in [6.45, 7) is 2.12. The summed E-state index contributed by atoms with van der Waals surface area (Å²) in [5.41, 5.74) is 7.82. The summed E-state index contributed by atoms with van der Waals surface area (Å²) < 4.78 is 5.13. The van der Waals surface area contributed by atoms with Gasteiger partial charge in [-0.15, -0.1) is 0 Å². The first kappa shape index (κ1) is 9.95. The van der Waals surface area contributed by atoms with Crippen LogP contribution in [-0.4, -0.2) is 17.2 Å². The highest BCUT2D eigenvalue weighted by Crippen LogP contribution is 2.24. The van der Waals surface area contributed by atoms with Crippen molar-refractivity contribution in [2.75, 3.05) is 7.11 Å². The minimum atomic E-state index is -0.0704. The maximum atomic E-state index is 9.12. The lowest BCUT2D eigenvalue weighted by atomic mass is 10.1. The average Bonchev–Trinajstić information content (AvgIpc) is 2.17. The molecule has 13 heavy (non-hydrogen) atoms. The fraction of sp³-hybridized carbons (Fsp3) is 0.444. The van der Waals surface area contributed by atoms with Gasteiger partial charge in [-0.25, -0.2) is 0 Å². The van der Waals surface area contributed by atoms with Crippen LogP contribution in [0.3, 0.4) is 0 Å². The molecule has 0 aromatic carbocycles. The van der Waals surface area contributed by atoms with E-state index in [1.807, 2.05) is 6.92 Å². The molecular weight excluding hydrogens is 168 g/mol. The van der Waals surface area contributed by atoms with Crippen molar-refractivity contribution in [3.63, 3.8) is 0 Å². The van der Waals surface area contributed by atoms with Gasteiger partial charge in [-0.2, -0.15) is 0 Å². The predicted octanol–water partition coefficient (Wildman–Crippen LogP) is 0.350. The summed E-state index contributed by atoms with van der Waals surface area (Å²) in [5, 5.41) is 9.12. The molecule has 0 saturated heterocycles. The molecule has 0 amide bonds. The second-order valence-corrected chi connectivity index (χ2v) is 2.74. The third kappa shape index (κ3) is 1.79. The van der Waals surface area contributed by atoms with Gasteiger partial charge in [0.25, 0.3) is 0 Å². The molecule has 72 valence electrons. The van der Waals surface area contributed by atoms with E-state index in [-0.39, 0.29) is 6.61 Å². The highest BCUT2D eigenvalue weighted by atomic mass is 16.5. The number of hydrogen-bond donors (Lipinski definition) is 2. The van der Waals surface area contributed by atoms with E-state index in [1.54, 1.807) is 13.3 Å². The van der Waals surface area contributed by atoms with Gasteiger partial charge in [-0.1, -0.05) is 0 Å². The van der Waals surface area contributed by atoms with E-state index in [1.165, 1.54) is 0 Å². The van der Waals surface area contributed by atoms with Gasteiger partial charge >= 0.3 is 0 Å². The quantitative estimate of drug-likeness (QED) is 0.707. The van der Waals surface area contributed by atoms with Crippen LogP contribution in [0.2, 0.25) is 0 Å². The summed E-state index contributed by atoms with van der Waals surface area (Å²) in [6, 6.07) is 0. The average molecular weight is 182 g/mol. The Balaban J connectivity index is 3.27. The minimum Gasteiger partial charge on any atom is -0.494 e. The molecule has 3 N–H and O–H groups in total. The zero-order chi connectivity index (χ0) is 9.84. The number of nitrogens with two attached hydrogens (primary N) is 1. The van der Waals surface area contributed by atoms with Gasteiger partial charge in [0.05, 0.1) is 19.4 Å². The van der Waals surface area contributed by atoms with E-state index in [9.17, 15) is 0 Å². The second-order valence-electron chi connectivity index (χ2n) is 2.74. The van der Waals surface area contributed by atoms with E-state index in [0.717, 1.165) is 16.8 Å². The number of aliphatic hydroxyl groups is 1. The monoisotopic (exact) mass is 182 g/mol. The second kappa shape index (κ2) is 4.20. The molecule has 0 atom stereocenters. The number of pyridine rings is 1. The van der Waals surface area contributed by atoms with Crippen LogP contribution in [0.15, 0.2) is 6.20 Å². The normalized spacial score (nSPS) is 10.2. The molecule has 1 heterocycles. The van der Waals surface area contributed by atoms with Crippen LogP contribution in [0.5, 0.6) is 5.75 Å². The summed E-state index contributed by atoms with van der Waals surface area (Å²) in [5.74, 6) is 0.630. The van der Waals surface area contributed by atoms with Crippen LogP contribution < -0.4 is 10.5 Å². The number of ether oxygens (including phenoxy) is 1. The van der Waals surface area contributed by atoms with Crippen molar-refractivity contribution in [2.24, 2.45) is 5.73 Å². The Kier molecular flexibility index (Phi) is 3.22. The number of rotatable bonds is 3. The van der Waals surface area contributed by atoms with Gasteiger partial charge in [0, 0.05) is 18.3 Å². The largest absolute Gasteiger partial charge is 0.494 e. The Morgan fingerprint density at radius 3 is 2.77 bits per heavy atom. The molecule has 0 unspecified atom stereocenters. The molecule has 0 aliphatic heterocycles. The molecule has 0 bridgehead atoms. The zero-order valence-corrected chi connectivity index (χ0v) is 7.87. The van der Waals surface area contributed by atoms with E-state index in [4.69, 9.17) is 15.6 Å². The highest BCUT2D eigenvalue weighted by Gasteiger charge is 2.10. The van der Waals surface area contributed by atoms with Crippen molar-refractivity contribution in [3.8, 4) is 5.75 Å². The number of aromatic nitrogens is 1. The van der Waals surface area contributed by atoms with Gasteiger partial charge in [0.15, 0.2) is 0 Å². The summed E-state index contributed by atoms with van der Waals surface area (Å²) in [7, 11) is 1.56. The molecule has 4 heteroatoms. The molecule has 0 aliphatic carbocycles. The Bertz CT molecular complexity index is 300. The maximum Gasteiger partial charge on any atom is 0.145 e. The minimum absolute atomic E-state index is 0.0704. The maximum absolute atomic E-state index is 9.12. The molecule has 0 radical (unpaired) electrons. The Morgan fingerprint density at radius 1 is 1.62 bits per heavy atom. The number of aryl methyl sites for hydroxylation is 1. The lowest BCUT2D eigenvalue weighted by molar-refractivity contribution is 0.271. The van der Waals surface area contributed by atoms with Crippen LogP contribution in [0.1, 0.15) is 16.8 Å². The molecule has 0 spiro atoms. The van der Waals surface area contributed by atoms with Crippen molar-refractivity contribution >= 4 is 0 Å². The Hall–Kier alpha value is -1.13. The van der Waals surface area contributed by atoms with Gasteiger partial charge in [0.1, 0.15) is 5.75 Å². The first-order valence-electron chi connectivity index (χ1n) is 4.06. The summed E-state index contributed by atoms with van der Waals surface area (Å²) in [6.07, 6.45) is 1.67. The van der Waals surface area contributed by atoms with Gasteiger partial charge in [-0.3, -0.25) is 4.98 Å². The van der Waals surface area contributed by atoms with Gasteiger partial charge in [0.2, 0.25) is 0 Å². The van der Waals surface area contributed by atoms with Crippen LogP contribution in [0.25, 0.3) is 0 Å². The number of aliphatic hydroxyl groups excluding tert-OH is 1. The van der Waals surface area contributed by atoms with Crippen LogP contribution in [0, 0.1) is 6.92 Å². The van der Waals surface area contributed by atoms with Crippen molar-refractivity contribution < 1.29 is 9.84 Å². The molecule has 1 aromatic rings. The molecule has 1 aromatic heterocycles. The van der Waals surface area contributed by atoms with Crippen molar-refractivity contribution in [3.05, 3.63) is 23.0 Å². The number of hydrogen-bond acceptors (Lipinski definition) is 4. The molecule has 4 nitrogen and oxygen atoms in total. The van der Waals surface area contributed by atoms with Crippen molar-refractivity contribution in [1.29, 1.82) is 0 Å².